The van der Waals surface area contributed by atoms with Gasteiger partial charge in [-0.1, -0.05) is 12.1 Å². The largest absolute Gasteiger partial charge is 0.480 e. The molecule has 4 rings (SSSR count). The molecule has 12 heteroatoms. The zero-order valence-corrected chi connectivity index (χ0v) is 19.7. The maximum absolute atomic E-state index is 14.5. The molecule has 1 unspecified atom stereocenters. The molecule has 7 nitrogen and oxygen atoms in total. The van der Waals surface area contributed by atoms with Gasteiger partial charge >= 0.3 is 6.18 Å². The maximum Gasteiger partial charge on any atom is 0.425 e. The fourth-order valence-electron chi connectivity index (χ4n) is 3.67. The molecule has 1 amide bonds. The van der Waals surface area contributed by atoms with Crippen molar-refractivity contribution in [3.63, 3.8) is 0 Å². The number of aryl methyl sites for hydroxylation is 1. The van der Waals surface area contributed by atoms with Crippen molar-refractivity contribution in [2.24, 2.45) is 0 Å². The third kappa shape index (κ3) is 4.88. The van der Waals surface area contributed by atoms with Crippen LogP contribution in [0.5, 0.6) is 5.75 Å². The lowest BCUT2D eigenvalue weighted by atomic mass is 10.1. The van der Waals surface area contributed by atoms with Crippen molar-refractivity contribution in [3.8, 4) is 11.4 Å². The van der Waals surface area contributed by atoms with Gasteiger partial charge in [0.2, 0.25) is 0 Å². The fourth-order valence-corrected chi connectivity index (χ4v) is 4.31. The molecule has 1 atom stereocenters. The molecule has 0 N–H and O–H groups in total. The number of fused-ring (bicyclic) bond motifs is 1. The molecule has 0 aliphatic carbocycles. The van der Waals surface area contributed by atoms with Gasteiger partial charge in [-0.2, -0.15) is 18.3 Å². The predicted octanol–water partition coefficient (Wildman–Crippen LogP) is 4.21. The minimum Gasteiger partial charge on any atom is -0.480 e. The average molecular weight is 511 g/mol. The highest BCUT2D eigenvalue weighted by atomic mass is 32.2. The molecular formula is C23H21F4N3O4S. The Morgan fingerprint density at radius 3 is 2.51 bits per heavy atom. The summed E-state index contributed by atoms with van der Waals surface area (Å²) >= 11 is 0. The number of alkyl halides is 3. The van der Waals surface area contributed by atoms with E-state index in [9.17, 15) is 30.8 Å². The molecule has 35 heavy (non-hydrogen) atoms. The van der Waals surface area contributed by atoms with Gasteiger partial charge in [-0.3, -0.25) is 4.79 Å². The minimum atomic E-state index is -4.69. The zero-order chi connectivity index (χ0) is 25.7. The van der Waals surface area contributed by atoms with Crippen LogP contribution >= 0.6 is 0 Å². The summed E-state index contributed by atoms with van der Waals surface area (Å²) in [5.41, 5.74) is 1.50. The molecule has 1 aliphatic rings. The first-order valence-electron chi connectivity index (χ1n) is 10.5. The van der Waals surface area contributed by atoms with Crippen LogP contribution in [0.4, 0.5) is 17.6 Å². The summed E-state index contributed by atoms with van der Waals surface area (Å²) in [4.78, 5) is 14.3. The van der Waals surface area contributed by atoms with E-state index in [0.717, 1.165) is 31.4 Å². The van der Waals surface area contributed by atoms with E-state index in [-0.39, 0.29) is 35.0 Å². The molecule has 1 aliphatic heterocycles. The van der Waals surface area contributed by atoms with Gasteiger partial charge in [-0.05, 0) is 43.7 Å². The van der Waals surface area contributed by atoms with Crippen molar-refractivity contribution in [1.29, 1.82) is 0 Å². The van der Waals surface area contributed by atoms with Crippen LogP contribution in [0.25, 0.3) is 5.69 Å². The van der Waals surface area contributed by atoms with E-state index < -0.39 is 33.8 Å². The van der Waals surface area contributed by atoms with Crippen molar-refractivity contribution >= 4 is 15.7 Å². The van der Waals surface area contributed by atoms with Crippen molar-refractivity contribution in [2.75, 3.05) is 6.26 Å². The summed E-state index contributed by atoms with van der Waals surface area (Å²) in [6.07, 6.45) is -4.40. The van der Waals surface area contributed by atoms with E-state index in [0.29, 0.717) is 16.8 Å². The van der Waals surface area contributed by atoms with E-state index >= 15 is 0 Å². The van der Waals surface area contributed by atoms with Crippen LogP contribution in [0.15, 0.2) is 47.5 Å². The first-order valence-corrected chi connectivity index (χ1v) is 12.3. The molecule has 0 spiro atoms. The Hall–Kier alpha value is -3.41. The van der Waals surface area contributed by atoms with Gasteiger partial charge in [0.25, 0.3) is 5.91 Å². The Kier molecular flexibility index (Phi) is 6.12. The molecule has 0 saturated carbocycles. The molecule has 1 aromatic heterocycles. The number of sulfone groups is 1. The molecular weight excluding hydrogens is 490 g/mol. The van der Waals surface area contributed by atoms with Crippen LogP contribution in [0, 0.1) is 12.7 Å². The van der Waals surface area contributed by atoms with Crippen LogP contribution in [-0.2, 0) is 22.9 Å². The minimum absolute atomic E-state index is 0.00592. The molecule has 0 bridgehead atoms. The predicted molar refractivity (Wildman–Crippen MR) is 118 cm³/mol. The summed E-state index contributed by atoms with van der Waals surface area (Å²) in [5.74, 6) is -1.53. The van der Waals surface area contributed by atoms with E-state index in [4.69, 9.17) is 4.74 Å². The van der Waals surface area contributed by atoms with Crippen LogP contribution < -0.4 is 4.74 Å². The second-order valence-electron chi connectivity index (χ2n) is 8.35. The van der Waals surface area contributed by atoms with E-state index in [1.54, 1.807) is 31.3 Å². The number of carbonyl (C=O) groups is 1. The molecule has 3 aromatic rings. The maximum atomic E-state index is 14.5. The number of hydrogen-bond acceptors (Lipinski definition) is 5. The number of amides is 1. The van der Waals surface area contributed by atoms with E-state index in [1.165, 1.54) is 9.58 Å². The Morgan fingerprint density at radius 1 is 1.17 bits per heavy atom. The fraction of sp³-hybridized carbons (Fsp3) is 0.304. The standard InChI is InChI=1S/C23H21F4N3O4S/c1-13-5-4-6-19(21(13)24)30-11-15-10-29(12-18(15)28-30)22(31)17-9-16(35(3,32)33)7-8-20(17)34-14(2)23(25,26)27/h4-9,11,14H,10,12H2,1-3H3. The lowest BCUT2D eigenvalue weighted by Crippen LogP contribution is -2.33. The molecule has 0 fully saturated rings. The van der Waals surface area contributed by atoms with Gasteiger partial charge in [0.1, 0.15) is 11.4 Å². The normalized spacial score (nSPS) is 14.7. The van der Waals surface area contributed by atoms with Crippen molar-refractivity contribution in [1.82, 2.24) is 14.7 Å². The number of nitrogens with zero attached hydrogens (tertiary/aromatic N) is 3. The SMILES string of the molecule is Cc1cccc(-n2cc3c(n2)CN(C(=O)c2cc(S(C)(=O)=O)ccc2OC(C)C(F)(F)F)C3)c1F. The average Bonchev–Trinajstić information content (AvgIpc) is 3.33. The van der Waals surface area contributed by atoms with Gasteiger partial charge in [0.05, 0.1) is 22.7 Å². The second kappa shape index (κ2) is 8.67. The molecule has 0 radical (unpaired) electrons. The van der Waals surface area contributed by atoms with Crippen molar-refractivity contribution in [3.05, 3.63) is 70.8 Å². The number of aromatic nitrogens is 2. The van der Waals surface area contributed by atoms with Gasteiger partial charge in [0, 0.05) is 24.6 Å². The third-order valence-corrected chi connectivity index (χ3v) is 6.77. The summed E-state index contributed by atoms with van der Waals surface area (Å²) < 4.78 is 84.0. The van der Waals surface area contributed by atoms with Gasteiger partial charge in [-0.15, -0.1) is 0 Å². The molecule has 2 aromatic carbocycles. The number of rotatable bonds is 5. The Bertz CT molecular complexity index is 1390. The monoisotopic (exact) mass is 511 g/mol. The van der Waals surface area contributed by atoms with Crippen LogP contribution in [0.3, 0.4) is 0 Å². The first-order chi connectivity index (χ1) is 16.3. The number of benzene rings is 2. The van der Waals surface area contributed by atoms with Crippen LogP contribution in [0.1, 0.15) is 34.1 Å². The first kappa shape index (κ1) is 24.7. The Morgan fingerprint density at radius 2 is 1.89 bits per heavy atom. The van der Waals surface area contributed by atoms with Crippen molar-refractivity contribution < 1.29 is 35.5 Å². The molecule has 2 heterocycles. The summed E-state index contributed by atoms with van der Waals surface area (Å²) in [5, 5.41) is 4.36. The lowest BCUT2D eigenvalue weighted by molar-refractivity contribution is -0.189. The molecule has 186 valence electrons. The quantitative estimate of drug-likeness (QED) is 0.480. The number of halogens is 4. The highest BCUT2D eigenvalue weighted by molar-refractivity contribution is 7.90. The third-order valence-electron chi connectivity index (χ3n) is 5.66. The second-order valence-corrected chi connectivity index (χ2v) is 10.4. The zero-order valence-electron chi connectivity index (χ0n) is 18.9. The topological polar surface area (TPSA) is 81.5 Å². The van der Waals surface area contributed by atoms with Gasteiger partial charge < -0.3 is 9.64 Å². The van der Waals surface area contributed by atoms with Gasteiger partial charge in [-0.25, -0.2) is 17.5 Å². The number of hydrogen-bond donors (Lipinski definition) is 0. The van der Waals surface area contributed by atoms with Crippen molar-refractivity contribution in [2.45, 2.75) is 44.1 Å². The van der Waals surface area contributed by atoms with Crippen LogP contribution in [0.2, 0.25) is 0 Å². The van der Waals surface area contributed by atoms with Crippen LogP contribution in [-0.4, -0.2) is 47.5 Å². The Labute approximate surface area is 198 Å². The van der Waals surface area contributed by atoms with E-state index in [2.05, 4.69) is 5.10 Å². The molecule has 0 saturated heterocycles. The number of carbonyl (C=O) groups excluding carboxylic acids is 1. The highest BCUT2D eigenvalue weighted by Gasteiger charge is 2.39. The Balaban J connectivity index is 1.63. The summed E-state index contributed by atoms with van der Waals surface area (Å²) in [6, 6.07) is 8.02. The lowest BCUT2D eigenvalue weighted by Gasteiger charge is -2.22. The summed E-state index contributed by atoms with van der Waals surface area (Å²) in [7, 11) is -3.74. The summed E-state index contributed by atoms with van der Waals surface area (Å²) in [6.45, 7) is 2.48. The highest BCUT2D eigenvalue weighted by Crippen LogP contribution is 2.32. The van der Waals surface area contributed by atoms with E-state index in [1.807, 2.05) is 0 Å². The smallest absolute Gasteiger partial charge is 0.425 e. The van der Waals surface area contributed by atoms with Gasteiger partial charge in [0.15, 0.2) is 21.8 Å². The number of ether oxygens (including phenoxy) is 1.